The summed E-state index contributed by atoms with van der Waals surface area (Å²) in [6, 6.07) is 5.89. The molecule has 3 nitrogen and oxygen atoms in total. The van der Waals surface area contributed by atoms with Crippen LogP contribution in [-0.2, 0) is 4.74 Å². The lowest BCUT2D eigenvalue weighted by Gasteiger charge is -2.15. The van der Waals surface area contributed by atoms with Gasteiger partial charge in [-0.25, -0.2) is 0 Å². The first-order valence-electron chi connectivity index (χ1n) is 7.08. The van der Waals surface area contributed by atoms with Crippen molar-refractivity contribution in [1.82, 2.24) is 0 Å². The summed E-state index contributed by atoms with van der Waals surface area (Å²) in [4.78, 5) is 11.2. The molecule has 104 valence electrons. The standard InChI is InChI=1S/C16H22O3/c1-3-12(2)13-6-7-16(14(9-13)10-17)19-11-15-5-4-8-18-15/h6-7,9-10,12,15H,3-5,8,11H2,1-2H3. The molecule has 19 heavy (non-hydrogen) atoms. The molecule has 0 aliphatic carbocycles. The predicted molar refractivity (Wildman–Crippen MR) is 75.0 cm³/mol. The predicted octanol–water partition coefficient (Wildman–Crippen LogP) is 3.57. The Labute approximate surface area is 114 Å². The van der Waals surface area contributed by atoms with Gasteiger partial charge in [0.15, 0.2) is 6.29 Å². The first kappa shape index (κ1) is 14.1. The van der Waals surface area contributed by atoms with Crippen molar-refractivity contribution >= 4 is 6.29 Å². The molecule has 0 saturated carbocycles. The molecule has 1 aliphatic heterocycles. The van der Waals surface area contributed by atoms with Crippen LogP contribution in [0.5, 0.6) is 5.75 Å². The number of carbonyl (C=O) groups is 1. The van der Waals surface area contributed by atoms with Gasteiger partial charge in [-0.1, -0.05) is 19.9 Å². The van der Waals surface area contributed by atoms with Crippen LogP contribution in [0.1, 0.15) is 54.9 Å². The van der Waals surface area contributed by atoms with Gasteiger partial charge in [-0.15, -0.1) is 0 Å². The Morgan fingerprint density at radius 1 is 1.53 bits per heavy atom. The van der Waals surface area contributed by atoms with E-state index < -0.39 is 0 Å². The van der Waals surface area contributed by atoms with Gasteiger partial charge in [-0.3, -0.25) is 4.79 Å². The molecule has 0 aromatic heterocycles. The van der Waals surface area contributed by atoms with Crippen molar-refractivity contribution in [3.05, 3.63) is 29.3 Å². The van der Waals surface area contributed by atoms with Gasteiger partial charge in [0, 0.05) is 6.61 Å². The Morgan fingerprint density at radius 2 is 2.37 bits per heavy atom. The molecular weight excluding hydrogens is 240 g/mol. The maximum absolute atomic E-state index is 11.2. The number of ether oxygens (including phenoxy) is 2. The van der Waals surface area contributed by atoms with E-state index in [0.29, 0.717) is 23.8 Å². The van der Waals surface area contributed by atoms with Crippen molar-refractivity contribution in [1.29, 1.82) is 0 Å². The number of hydrogen-bond donors (Lipinski definition) is 0. The summed E-state index contributed by atoms with van der Waals surface area (Å²) in [5, 5.41) is 0. The summed E-state index contributed by atoms with van der Waals surface area (Å²) in [7, 11) is 0. The Bertz CT molecular complexity index is 422. The van der Waals surface area contributed by atoms with E-state index in [0.717, 1.165) is 32.2 Å². The third-order valence-electron chi connectivity index (χ3n) is 3.79. The molecule has 2 rings (SSSR count). The van der Waals surface area contributed by atoms with Crippen molar-refractivity contribution in [2.24, 2.45) is 0 Å². The lowest BCUT2D eigenvalue weighted by molar-refractivity contribution is 0.0675. The van der Waals surface area contributed by atoms with E-state index in [-0.39, 0.29) is 6.10 Å². The molecule has 3 heteroatoms. The molecular formula is C16H22O3. The minimum atomic E-state index is 0.175. The average Bonchev–Trinajstić information content (AvgIpc) is 2.97. The van der Waals surface area contributed by atoms with Crippen molar-refractivity contribution in [2.75, 3.05) is 13.2 Å². The summed E-state index contributed by atoms with van der Waals surface area (Å²) in [6.07, 6.45) is 4.25. The van der Waals surface area contributed by atoms with Gasteiger partial charge in [0.1, 0.15) is 12.4 Å². The maximum atomic E-state index is 11.2. The third kappa shape index (κ3) is 3.57. The van der Waals surface area contributed by atoms with Crippen LogP contribution in [0, 0.1) is 0 Å². The van der Waals surface area contributed by atoms with Gasteiger partial charge in [-0.2, -0.15) is 0 Å². The van der Waals surface area contributed by atoms with E-state index >= 15 is 0 Å². The lowest BCUT2D eigenvalue weighted by Crippen LogP contribution is -2.16. The van der Waals surface area contributed by atoms with Gasteiger partial charge in [0.05, 0.1) is 11.7 Å². The average molecular weight is 262 g/mol. The number of aldehydes is 1. The number of rotatable bonds is 6. The number of benzene rings is 1. The molecule has 0 bridgehead atoms. The SMILES string of the molecule is CCC(C)c1ccc(OCC2CCCO2)c(C=O)c1. The maximum Gasteiger partial charge on any atom is 0.153 e. The Balaban J connectivity index is 2.04. The van der Waals surface area contributed by atoms with Crippen molar-refractivity contribution in [3.63, 3.8) is 0 Å². The second-order valence-electron chi connectivity index (χ2n) is 5.17. The van der Waals surface area contributed by atoms with Crippen LogP contribution >= 0.6 is 0 Å². The van der Waals surface area contributed by atoms with Crippen LogP contribution in [0.3, 0.4) is 0 Å². The van der Waals surface area contributed by atoms with Crippen LogP contribution in [-0.4, -0.2) is 25.6 Å². The number of hydrogen-bond acceptors (Lipinski definition) is 3. The second-order valence-corrected chi connectivity index (χ2v) is 5.17. The zero-order valence-electron chi connectivity index (χ0n) is 11.7. The molecule has 1 aliphatic rings. The summed E-state index contributed by atoms with van der Waals surface area (Å²) in [5.74, 6) is 1.13. The van der Waals surface area contributed by atoms with E-state index in [4.69, 9.17) is 9.47 Å². The van der Waals surface area contributed by atoms with Crippen LogP contribution < -0.4 is 4.74 Å². The molecule has 0 amide bonds. The minimum Gasteiger partial charge on any atom is -0.490 e. The van der Waals surface area contributed by atoms with Crippen molar-refractivity contribution < 1.29 is 14.3 Å². The molecule has 1 aromatic carbocycles. The molecule has 2 unspecified atom stereocenters. The zero-order chi connectivity index (χ0) is 13.7. The fraction of sp³-hybridized carbons (Fsp3) is 0.562. The quantitative estimate of drug-likeness (QED) is 0.735. The van der Waals surface area contributed by atoms with E-state index in [2.05, 4.69) is 13.8 Å². The van der Waals surface area contributed by atoms with Gasteiger partial charge in [0.2, 0.25) is 0 Å². The number of carbonyl (C=O) groups excluding carboxylic acids is 1. The molecule has 0 radical (unpaired) electrons. The first-order valence-corrected chi connectivity index (χ1v) is 7.08. The highest BCUT2D eigenvalue weighted by molar-refractivity contribution is 5.79. The summed E-state index contributed by atoms with van der Waals surface area (Å²) in [5.41, 5.74) is 1.82. The minimum absolute atomic E-state index is 0.175. The highest BCUT2D eigenvalue weighted by Gasteiger charge is 2.17. The van der Waals surface area contributed by atoms with Crippen molar-refractivity contribution in [3.8, 4) is 5.75 Å². The van der Waals surface area contributed by atoms with E-state index in [9.17, 15) is 4.79 Å². The summed E-state index contributed by atoms with van der Waals surface area (Å²) >= 11 is 0. The smallest absolute Gasteiger partial charge is 0.153 e. The first-order chi connectivity index (χ1) is 9.24. The molecule has 0 spiro atoms. The van der Waals surface area contributed by atoms with E-state index in [1.165, 1.54) is 5.56 Å². The zero-order valence-corrected chi connectivity index (χ0v) is 11.7. The van der Waals surface area contributed by atoms with Gasteiger partial charge >= 0.3 is 0 Å². The van der Waals surface area contributed by atoms with Crippen LogP contribution in [0.2, 0.25) is 0 Å². The summed E-state index contributed by atoms with van der Waals surface area (Å²) < 4.78 is 11.2. The van der Waals surface area contributed by atoms with Gasteiger partial charge in [0.25, 0.3) is 0 Å². The van der Waals surface area contributed by atoms with Crippen LogP contribution in [0.15, 0.2) is 18.2 Å². The molecule has 0 N–H and O–H groups in total. The van der Waals surface area contributed by atoms with Crippen LogP contribution in [0.4, 0.5) is 0 Å². The molecule has 1 fully saturated rings. The largest absolute Gasteiger partial charge is 0.490 e. The Morgan fingerprint density at radius 3 is 3.00 bits per heavy atom. The fourth-order valence-corrected chi connectivity index (χ4v) is 2.29. The molecule has 1 heterocycles. The molecule has 1 aromatic rings. The highest BCUT2D eigenvalue weighted by atomic mass is 16.5. The van der Waals surface area contributed by atoms with E-state index in [1.54, 1.807) is 0 Å². The normalized spacial score (nSPS) is 20.2. The van der Waals surface area contributed by atoms with Crippen molar-refractivity contribution in [2.45, 2.75) is 45.1 Å². The van der Waals surface area contributed by atoms with Gasteiger partial charge in [-0.05, 0) is 42.9 Å². The Hall–Kier alpha value is -1.35. The lowest BCUT2D eigenvalue weighted by atomic mass is 9.97. The second kappa shape index (κ2) is 6.71. The third-order valence-corrected chi connectivity index (χ3v) is 3.79. The fourth-order valence-electron chi connectivity index (χ4n) is 2.29. The topological polar surface area (TPSA) is 35.5 Å². The van der Waals surface area contributed by atoms with Gasteiger partial charge < -0.3 is 9.47 Å². The van der Waals surface area contributed by atoms with E-state index in [1.807, 2.05) is 18.2 Å². The molecule has 2 atom stereocenters. The summed E-state index contributed by atoms with van der Waals surface area (Å²) in [6.45, 7) is 5.66. The Kier molecular flexibility index (Phi) is 4.97. The highest BCUT2D eigenvalue weighted by Crippen LogP contribution is 2.25. The monoisotopic (exact) mass is 262 g/mol. The molecule has 1 saturated heterocycles. The van der Waals surface area contributed by atoms with Crippen LogP contribution in [0.25, 0.3) is 0 Å².